The summed E-state index contributed by atoms with van der Waals surface area (Å²) in [4.78, 5) is 8.59. The molecule has 4 bridgehead atoms. The molecule has 0 saturated heterocycles. The number of hydrogen-bond acceptors (Lipinski definition) is 7. The predicted molar refractivity (Wildman–Crippen MR) is 120 cm³/mol. The zero-order valence-corrected chi connectivity index (χ0v) is 18.7. The smallest absolute Gasteiger partial charge is 0.405 e. The molecule has 2 aromatic rings. The molecule has 1 heterocycles. The first-order chi connectivity index (χ1) is 16.1. The second-order valence-corrected chi connectivity index (χ2v) is 10.3. The van der Waals surface area contributed by atoms with Crippen LogP contribution in [0.2, 0.25) is 0 Å². The van der Waals surface area contributed by atoms with Crippen LogP contribution in [-0.4, -0.2) is 28.4 Å². The van der Waals surface area contributed by atoms with Crippen LogP contribution in [-0.2, 0) is 6.54 Å². The van der Waals surface area contributed by atoms with Gasteiger partial charge in [0.25, 0.3) is 0 Å². The normalized spacial score (nSPS) is 29.5. The number of para-hydroxylation sites is 1. The highest BCUT2D eigenvalue weighted by Crippen LogP contribution is 2.60. The Bertz CT molecular complexity index is 1100. The molecule has 4 fully saturated rings. The fourth-order valence-electron chi connectivity index (χ4n) is 6.74. The Morgan fingerprint density at radius 2 is 1.88 bits per heavy atom. The van der Waals surface area contributed by atoms with Gasteiger partial charge in [0.05, 0.1) is 6.20 Å². The Morgan fingerprint density at radius 1 is 1.15 bits per heavy atom. The lowest BCUT2D eigenvalue weighted by Crippen LogP contribution is -2.61. The summed E-state index contributed by atoms with van der Waals surface area (Å²) in [5.74, 6) is 1.69. The Morgan fingerprint density at radius 3 is 2.56 bits per heavy atom. The van der Waals surface area contributed by atoms with E-state index >= 15 is 0 Å². The number of benzene rings is 1. The van der Waals surface area contributed by atoms with Crippen molar-refractivity contribution in [2.45, 2.75) is 57.0 Å². The minimum absolute atomic E-state index is 0.0284. The maximum Gasteiger partial charge on any atom is 0.573 e. The molecule has 3 unspecified atom stereocenters. The van der Waals surface area contributed by atoms with Gasteiger partial charge >= 0.3 is 6.36 Å². The van der Waals surface area contributed by atoms with Crippen molar-refractivity contribution >= 4 is 11.8 Å². The Labute approximate surface area is 195 Å². The van der Waals surface area contributed by atoms with E-state index in [0.29, 0.717) is 35.3 Å². The molecule has 6 rings (SSSR count). The number of nitriles is 1. The highest BCUT2D eigenvalue weighted by Gasteiger charge is 2.56. The molecular weight excluding hydrogens is 445 g/mol. The van der Waals surface area contributed by atoms with Gasteiger partial charge in [0.1, 0.15) is 23.2 Å². The molecule has 1 aromatic heterocycles. The van der Waals surface area contributed by atoms with Gasteiger partial charge in [-0.3, -0.25) is 0 Å². The van der Waals surface area contributed by atoms with Crippen molar-refractivity contribution in [1.29, 1.82) is 5.26 Å². The van der Waals surface area contributed by atoms with E-state index < -0.39 is 6.36 Å². The van der Waals surface area contributed by atoms with Crippen molar-refractivity contribution in [2.75, 3.05) is 17.2 Å². The number of hydrogen-bond donors (Lipinski definition) is 3. The van der Waals surface area contributed by atoms with Gasteiger partial charge in [-0.05, 0) is 61.8 Å². The summed E-state index contributed by atoms with van der Waals surface area (Å²) in [5, 5.41) is 15.8. The summed E-state index contributed by atoms with van der Waals surface area (Å²) in [5.41, 5.74) is 7.37. The first-order valence-corrected chi connectivity index (χ1v) is 11.5. The van der Waals surface area contributed by atoms with E-state index in [0.717, 1.165) is 32.1 Å². The third-order valence-corrected chi connectivity index (χ3v) is 7.40. The van der Waals surface area contributed by atoms with Crippen LogP contribution < -0.4 is 21.1 Å². The minimum Gasteiger partial charge on any atom is -0.405 e. The molecular formula is C24H27F3N6O. The quantitative estimate of drug-likeness (QED) is 0.542. The minimum atomic E-state index is -4.78. The van der Waals surface area contributed by atoms with E-state index in [2.05, 4.69) is 31.4 Å². The molecule has 180 valence electrons. The fourth-order valence-corrected chi connectivity index (χ4v) is 6.74. The number of nitrogens with two attached hydrogens (primary N) is 1. The number of nitrogens with zero attached hydrogens (tertiary/aromatic N) is 3. The van der Waals surface area contributed by atoms with Crippen LogP contribution in [0, 0.1) is 28.6 Å². The molecule has 4 saturated carbocycles. The van der Waals surface area contributed by atoms with E-state index in [-0.39, 0.29) is 29.2 Å². The van der Waals surface area contributed by atoms with Crippen molar-refractivity contribution in [3.05, 3.63) is 41.6 Å². The molecule has 1 aromatic carbocycles. The second kappa shape index (κ2) is 8.31. The van der Waals surface area contributed by atoms with E-state index in [4.69, 9.17) is 5.73 Å². The molecule has 4 aliphatic carbocycles. The third-order valence-electron chi connectivity index (χ3n) is 7.40. The van der Waals surface area contributed by atoms with Crippen molar-refractivity contribution < 1.29 is 17.9 Å². The Balaban J connectivity index is 1.28. The highest BCUT2D eigenvalue weighted by atomic mass is 19.4. The maximum atomic E-state index is 12.7. The van der Waals surface area contributed by atoms with Crippen LogP contribution in [0.5, 0.6) is 5.75 Å². The zero-order valence-electron chi connectivity index (χ0n) is 18.7. The van der Waals surface area contributed by atoms with Gasteiger partial charge in [0.15, 0.2) is 0 Å². The molecule has 34 heavy (non-hydrogen) atoms. The van der Waals surface area contributed by atoms with Crippen LogP contribution in [0.25, 0.3) is 0 Å². The summed E-state index contributed by atoms with van der Waals surface area (Å²) in [7, 11) is 0. The average Bonchev–Trinajstić information content (AvgIpc) is 2.74. The maximum absolute atomic E-state index is 12.7. The topological polar surface area (TPSA) is 109 Å². The molecule has 4 N–H and O–H groups in total. The molecule has 0 aliphatic heterocycles. The van der Waals surface area contributed by atoms with Crippen molar-refractivity contribution in [1.82, 2.24) is 9.97 Å². The summed E-state index contributed by atoms with van der Waals surface area (Å²) in [6.45, 7) is 0.715. The van der Waals surface area contributed by atoms with Gasteiger partial charge in [-0.2, -0.15) is 10.2 Å². The van der Waals surface area contributed by atoms with Crippen molar-refractivity contribution in [3.8, 4) is 11.8 Å². The van der Waals surface area contributed by atoms with Crippen LogP contribution in [0.15, 0.2) is 30.5 Å². The van der Waals surface area contributed by atoms with Gasteiger partial charge in [0.2, 0.25) is 5.95 Å². The van der Waals surface area contributed by atoms with Gasteiger partial charge < -0.3 is 21.1 Å². The monoisotopic (exact) mass is 472 g/mol. The van der Waals surface area contributed by atoms with Crippen LogP contribution >= 0.6 is 0 Å². The predicted octanol–water partition coefficient (Wildman–Crippen LogP) is 4.57. The number of halogens is 3. The van der Waals surface area contributed by atoms with Crippen LogP contribution in [0.4, 0.5) is 24.9 Å². The number of alkyl halides is 3. The molecule has 0 radical (unpaired) electrons. The SMILES string of the molecule is N#Cc1cnc(NCc2ccccc2OC(F)(F)F)nc1NCC12CC3C[C@@H](CC(N)(C3)C1)C2. The fraction of sp³-hybridized carbons (Fsp3) is 0.542. The summed E-state index contributed by atoms with van der Waals surface area (Å²) in [6, 6.07) is 8.00. The molecule has 0 amide bonds. The lowest BCUT2D eigenvalue weighted by molar-refractivity contribution is -0.274. The Kier molecular flexibility index (Phi) is 5.55. The van der Waals surface area contributed by atoms with Gasteiger partial charge in [-0.1, -0.05) is 18.2 Å². The molecule has 7 nitrogen and oxygen atoms in total. The number of anilines is 2. The van der Waals surface area contributed by atoms with E-state index in [1.54, 1.807) is 6.07 Å². The first kappa shape index (κ1) is 22.7. The number of ether oxygens (including phenoxy) is 1. The summed E-state index contributed by atoms with van der Waals surface area (Å²) < 4.78 is 42.2. The van der Waals surface area contributed by atoms with Crippen molar-refractivity contribution in [2.24, 2.45) is 23.0 Å². The van der Waals surface area contributed by atoms with E-state index in [1.165, 1.54) is 30.8 Å². The Hall–Kier alpha value is -3.06. The lowest BCUT2D eigenvalue weighted by Gasteiger charge is -2.61. The van der Waals surface area contributed by atoms with Crippen LogP contribution in [0.3, 0.4) is 0 Å². The van der Waals surface area contributed by atoms with Gasteiger partial charge in [0, 0.05) is 24.2 Å². The number of rotatable bonds is 7. The lowest BCUT2D eigenvalue weighted by atomic mass is 9.47. The average molecular weight is 473 g/mol. The third kappa shape index (κ3) is 4.75. The molecule has 4 aliphatic rings. The number of aromatic nitrogens is 2. The highest BCUT2D eigenvalue weighted by molar-refractivity contribution is 5.53. The molecule has 0 spiro atoms. The second-order valence-electron chi connectivity index (χ2n) is 10.3. The first-order valence-electron chi connectivity index (χ1n) is 11.5. The zero-order chi connectivity index (χ0) is 24.0. The standard InChI is InChI=1S/C24H27F3N6O/c25-24(26,27)34-19-4-2-1-3-17(19)11-30-21-31-12-18(10-28)20(33-21)32-14-22-6-15-5-16(7-22)9-23(29,8-15)13-22/h1-4,12,15-16H,5-9,11,13-14,29H2,(H2,30,31,32,33)/t15-,16?,22?,23?/m1/s1. The largest absolute Gasteiger partial charge is 0.573 e. The van der Waals surface area contributed by atoms with E-state index in [9.17, 15) is 18.4 Å². The molecule has 4 atom stereocenters. The van der Waals surface area contributed by atoms with Gasteiger partial charge in [-0.25, -0.2) is 4.98 Å². The van der Waals surface area contributed by atoms with E-state index in [1.807, 2.05) is 0 Å². The molecule has 10 heteroatoms. The summed E-state index contributed by atoms with van der Waals surface area (Å²) >= 11 is 0. The number of nitrogens with one attached hydrogen (secondary N) is 2. The van der Waals surface area contributed by atoms with Crippen LogP contribution in [0.1, 0.15) is 49.7 Å². The van der Waals surface area contributed by atoms with Crippen molar-refractivity contribution in [3.63, 3.8) is 0 Å². The van der Waals surface area contributed by atoms with Gasteiger partial charge in [-0.15, -0.1) is 13.2 Å². The summed E-state index contributed by atoms with van der Waals surface area (Å²) in [6.07, 6.45) is 3.38.